The predicted molar refractivity (Wildman–Crippen MR) is 77.0 cm³/mol. The van der Waals surface area contributed by atoms with E-state index in [0.717, 1.165) is 29.0 Å². The molecule has 0 aliphatic heterocycles. The maximum absolute atomic E-state index is 4.58. The quantitative estimate of drug-likeness (QED) is 0.715. The van der Waals surface area contributed by atoms with Crippen LogP contribution in [-0.2, 0) is 6.42 Å². The summed E-state index contributed by atoms with van der Waals surface area (Å²) in [5.41, 5.74) is 2.18. The Morgan fingerprint density at radius 1 is 0.944 bits per heavy atom. The number of fused-ring (bicyclic) bond motifs is 1. The van der Waals surface area contributed by atoms with Crippen LogP contribution in [0.3, 0.4) is 0 Å². The molecule has 1 aromatic heterocycles. The number of H-pyrrole nitrogens is 1. The molecule has 3 heteroatoms. The van der Waals surface area contributed by atoms with E-state index in [1.54, 1.807) is 0 Å². The molecule has 0 aliphatic rings. The molecule has 0 unspecified atom stereocenters. The smallest absolute Gasteiger partial charge is 0.108 e. The van der Waals surface area contributed by atoms with Crippen molar-refractivity contribution < 1.29 is 0 Å². The molecule has 2 aromatic carbocycles. The van der Waals surface area contributed by atoms with Gasteiger partial charge in [0, 0.05) is 17.1 Å². The lowest BCUT2D eigenvalue weighted by Gasteiger charge is -1.99. The summed E-state index contributed by atoms with van der Waals surface area (Å²) in [5.74, 6) is 2.11. The lowest BCUT2D eigenvalue weighted by molar-refractivity contribution is 1.01. The highest BCUT2D eigenvalue weighted by molar-refractivity contribution is 7.99. The second-order valence-corrected chi connectivity index (χ2v) is 5.28. The number of aromatic nitrogens is 2. The molecule has 90 valence electrons. The van der Waals surface area contributed by atoms with Gasteiger partial charge in [-0.1, -0.05) is 30.3 Å². The molecule has 3 rings (SSSR count). The van der Waals surface area contributed by atoms with Gasteiger partial charge >= 0.3 is 0 Å². The Balaban J connectivity index is 1.63. The van der Waals surface area contributed by atoms with E-state index in [1.165, 1.54) is 4.90 Å². The van der Waals surface area contributed by atoms with Crippen LogP contribution in [-0.4, -0.2) is 15.7 Å². The molecular weight excluding hydrogens is 240 g/mol. The van der Waals surface area contributed by atoms with Crippen LogP contribution in [0.25, 0.3) is 11.0 Å². The molecular formula is C15H14N2S. The van der Waals surface area contributed by atoms with Gasteiger partial charge in [0.25, 0.3) is 0 Å². The fourth-order valence-corrected chi connectivity index (χ4v) is 2.79. The number of benzene rings is 2. The van der Waals surface area contributed by atoms with Crippen molar-refractivity contribution >= 4 is 22.8 Å². The Kier molecular flexibility index (Phi) is 3.33. The third kappa shape index (κ3) is 2.57. The van der Waals surface area contributed by atoms with Crippen molar-refractivity contribution in [3.05, 3.63) is 60.4 Å². The van der Waals surface area contributed by atoms with Gasteiger partial charge in [-0.2, -0.15) is 0 Å². The van der Waals surface area contributed by atoms with Gasteiger partial charge in [0.1, 0.15) is 5.82 Å². The maximum atomic E-state index is 4.58. The lowest BCUT2D eigenvalue weighted by Crippen LogP contribution is -1.90. The van der Waals surface area contributed by atoms with Crippen LogP contribution in [0.15, 0.2) is 59.5 Å². The second kappa shape index (κ2) is 5.27. The predicted octanol–water partition coefficient (Wildman–Crippen LogP) is 3.90. The molecule has 0 atom stereocenters. The molecule has 2 nitrogen and oxygen atoms in total. The second-order valence-electron chi connectivity index (χ2n) is 4.11. The zero-order chi connectivity index (χ0) is 12.2. The third-order valence-electron chi connectivity index (χ3n) is 2.79. The van der Waals surface area contributed by atoms with E-state index in [-0.39, 0.29) is 0 Å². The number of nitrogens with zero attached hydrogens (tertiary/aromatic N) is 1. The zero-order valence-electron chi connectivity index (χ0n) is 9.97. The van der Waals surface area contributed by atoms with Crippen molar-refractivity contribution in [1.29, 1.82) is 0 Å². The van der Waals surface area contributed by atoms with Gasteiger partial charge in [0.05, 0.1) is 11.0 Å². The zero-order valence-corrected chi connectivity index (χ0v) is 10.8. The summed E-state index contributed by atoms with van der Waals surface area (Å²) in [5, 5.41) is 0. The highest BCUT2D eigenvalue weighted by Gasteiger charge is 2.01. The van der Waals surface area contributed by atoms with E-state index >= 15 is 0 Å². The van der Waals surface area contributed by atoms with Gasteiger partial charge in [-0.15, -0.1) is 11.8 Å². The normalized spacial score (nSPS) is 10.9. The highest BCUT2D eigenvalue weighted by atomic mass is 32.2. The monoisotopic (exact) mass is 254 g/mol. The minimum Gasteiger partial charge on any atom is -0.342 e. The Morgan fingerprint density at radius 3 is 2.56 bits per heavy atom. The van der Waals surface area contributed by atoms with Crippen molar-refractivity contribution in [3.8, 4) is 0 Å². The van der Waals surface area contributed by atoms with Gasteiger partial charge in [0.15, 0.2) is 0 Å². The van der Waals surface area contributed by atoms with Gasteiger partial charge in [-0.25, -0.2) is 4.98 Å². The summed E-state index contributed by atoms with van der Waals surface area (Å²) in [6.07, 6.45) is 0.967. The molecule has 0 bridgehead atoms. The number of hydrogen-bond acceptors (Lipinski definition) is 2. The molecule has 0 fully saturated rings. The summed E-state index contributed by atoms with van der Waals surface area (Å²) >= 11 is 1.87. The third-order valence-corrected chi connectivity index (χ3v) is 3.80. The Hall–Kier alpha value is -1.74. The van der Waals surface area contributed by atoms with Crippen LogP contribution in [0.5, 0.6) is 0 Å². The number of hydrogen-bond donors (Lipinski definition) is 1. The number of aryl methyl sites for hydroxylation is 1. The number of imidazole rings is 1. The number of para-hydroxylation sites is 2. The molecule has 0 saturated carbocycles. The fraction of sp³-hybridized carbons (Fsp3) is 0.133. The van der Waals surface area contributed by atoms with Crippen molar-refractivity contribution in [3.63, 3.8) is 0 Å². The van der Waals surface area contributed by atoms with Crippen LogP contribution in [0.1, 0.15) is 5.82 Å². The summed E-state index contributed by atoms with van der Waals surface area (Å²) in [7, 11) is 0. The first-order valence-corrected chi connectivity index (χ1v) is 7.02. The van der Waals surface area contributed by atoms with Crippen LogP contribution >= 0.6 is 11.8 Å². The van der Waals surface area contributed by atoms with Crippen molar-refractivity contribution in [1.82, 2.24) is 9.97 Å². The van der Waals surface area contributed by atoms with E-state index < -0.39 is 0 Å². The van der Waals surface area contributed by atoms with E-state index in [1.807, 2.05) is 36.0 Å². The standard InChI is InChI=1S/C15H14N2S/c1-2-6-12(7-3-1)18-11-10-15-16-13-8-4-5-9-14(13)17-15/h1-9H,10-11H2,(H,16,17). The van der Waals surface area contributed by atoms with Crippen LogP contribution in [0, 0.1) is 0 Å². The van der Waals surface area contributed by atoms with Crippen LogP contribution in [0.2, 0.25) is 0 Å². The summed E-state index contributed by atoms with van der Waals surface area (Å²) in [4.78, 5) is 9.25. The average Bonchev–Trinajstić information content (AvgIpc) is 2.82. The number of rotatable bonds is 4. The summed E-state index contributed by atoms with van der Waals surface area (Å²) in [6.45, 7) is 0. The topological polar surface area (TPSA) is 28.7 Å². The van der Waals surface area contributed by atoms with E-state index in [9.17, 15) is 0 Å². The van der Waals surface area contributed by atoms with E-state index in [0.29, 0.717) is 0 Å². The molecule has 0 aliphatic carbocycles. The van der Waals surface area contributed by atoms with E-state index in [4.69, 9.17) is 0 Å². The first-order chi connectivity index (χ1) is 8.92. The summed E-state index contributed by atoms with van der Waals surface area (Å²) < 4.78 is 0. The molecule has 3 aromatic rings. The Labute approximate surface area is 110 Å². The van der Waals surface area contributed by atoms with Gasteiger partial charge in [-0.3, -0.25) is 0 Å². The summed E-state index contributed by atoms with van der Waals surface area (Å²) in [6, 6.07) is 18.6. The fourth-order valence-electron chi connectivity index (χ4n) is 1.91. The number of aromatic amines is 1. The first kappa shape index (κ1) is 11.4. The van der Waals surface area contributed by atoms with Crippen LogP contribution in [0.4, 0.5) is 0 Å². The SMILES string of the molecule is c1ccc(SCCc2nc3ccccc3[nH]2)cc1. The molecule has 1 heterocycles. The maximum Gasteiger partial charge on any atom is 0.108 e. The lowest BCUT2D eigenvalue weighted by atomic mass is 10.3. The molecule has 1 N–H and O–H groups in total. The molecule has 0 radical (unpaired) electrons. The van der Waals surface area contributed by atoms with Crippen molar-refractivity contribution in [2.75, 3.05) is 5.75 Å². The molecule has 0 amide bonds. The van der Waals surface area contributed by atoms with Crippen LogP contribution < -0.4 is 0 Å². The molecule has 0 saturated heterocycles. The average molecular weight is 254 g/mol. The van der Waals surface area contributed by atoms with Gasteiger partial charge in [0.2, 0.25) is 0 Å². The number of thioether (sulfide) groups is 1. The molecule has 18 heavy (non-hydrogen) atoms. The van der Waals surface area contributed by atoms with Gasteiger partial charge in [-0.05, 0) is 24.3 Å². The Morgan fingerprint density at radius 2 is 1.72 bits per heavy atom. The largest absolute Gasteiger partial charge is 0.342 e. The minimum absolute atomic E-state index is 0.967. The van der Waals surface area contributed by atoms with Gasteiger partial charge < -0.3 is 4.98 Å². The number of nitrogens with one attached hydrogen (secondary N) is 1. The van der Waals surface area contributed by atoms with Crippen molar-refractivity contribution in [2.45, 2.75) is 11.3 Å². The van der Waals surface area contributed by atoms with E-state index in [2.05, 4.69) is 40.3 Å². The Bertz CT molecular complexity index is 598. The minimum atomic E-state index is 0.967. The van der Waals surface area contributed by atoms with Crippen molar-refractivity contribution in [2.24, 2.45) is 0 Å². The molecule has 0 spiro atoms. The first-order valence-electron chi connectivity index (χ1n) is 6.03. The highest BCUT2D eigenvalue weighted by Crippen LogP contribution is 2.18.